The Morgan fingerprint density at radius 1 is 1.20 bits per heavy atom. The second kappa shape index (κ2) is 3.00. The van der Waals surface area contributed by atoms with Crippen molar-refractivity contribution in [2.24, 2.45) is 0 Å². The number of pyridine rings is 1. The third kappa shape index (κ3) is 1.31. The van der Waals surface area contributed by atoms with E-state index in [-0.39, 0.29) is 0 Å². The van der Waals surface area contributed by atoms with E-state index in [0.29, 0.717) is 0 Å². The fraction of sp³-hybridized carbons (Fsp3) is 0.0833. The predicted octanol–water partition coefficient (Wildman–Crippen LogP) is 3.31. The van der Waals surface area contributed by atoms with Gasteiger partial charge in [0.2, 0.25) is 0 Å². The molecular formula is C12H10N2S. The van der Waals surface area contributed by atoms with Crippen LogP contribution in [0, 0.1) is 6.92 Å². The van der Waals surface area contributed by atoms with Gasteiger partial charge < -0.3 is 4.98 Å². The molecule has 2 aromatic heterocycles. The van der Waals surface area contributed by atoms with Gasteiger partial charge in [-0.05, 0) is 31.2 Å². The molecule has 1 N–H and O–H groups in total. The Labute approximate surface area is 92.7 Å². The van der Waals surface area contributed by atoms with Crippen LogP contribution < -0.4 is 0 Å². The molecule has 15 heavy (non-hydrogen) atoms. The first-order chi connectivity index (χ1) is 7.24. The highest BCUT2D eigenvalue weighted by atomic mass is 32.1. The molecule has 3 rings (SSSR count). The quantitative estimate of drug-likeness (QED) is 0.552. The van der Waals surface area contributed by atoms with Crippen LogP contribution in [0.3, 0.4) is 0 Å². The summed E-state index contributed by atoms with van der Waals surface area (Å²) in [5, 5.41) is 3.07. The SMILES string of the molecule is Cc1ccc2c(ccc3cc(S)nc32)[nH]1. The highest BCUT2D eigenvalue weighted by Gasteiger charge is 2.04. The average Bonchev–Trinajstić information content (AvgIpc) is 2.58. The van der Waals surface area contributed by atoms with E-state index in [4.69, 9.17) is 0 Å². The number of H-pyrrole nitrogens is 1. The Bertz CT molecular complexity index is 655. The van der Waals surface area contributed by atoms with Crippen molar-refractivity contribution >= 4 is 34.4 Å². The second-order valence-corrected chi connectivity index (χ2v) is 4.18. The third-order valence-electron chi connectivity index (χ3n) is 2.59. The number of nitrogens with one attached hydrogen (secondary N) is 1. The first-order valence-electron chi connectivity index (χ1n) is 4.82. The lowest BCUT2D eigenvalue weighted by Crippen LogP contribution is -1.83. The lowest BCUT2D eigenvalue weighted by molar-refractivity contribution is 1.24. The summed E-state index contributed by atoms with van der Waals surface area (Å²) in [6, 6.07) is 10.3. The van der Waals surface area contributed by atoms with Crippen molar-refractivity contribution in [1.29, 1.82) is 0 Å². The molecule has 0 saturated carbocycles. The molecule has 0 fully saturated rings. The second-order valence-electron chi connectivity index (χ2n) is 3.72. The molecule has 0 radical (unpaired) electrons. The zero-order valence-corrected chi connectivity index (χ0v) is 9.18. The van der Waals surface area contributed by atoms with E-state index in [1.54, 1.807) is 0 Å². The lowest BCUT2D eigenvalue weighted by atomic mass is 10.1. The van der Waals surface area contributed by atoms with Crippen molar-refractivity contribution in [2.45, 2.75) is 11.9 Å². The van der Waals surface area contributed by atoms with Gasteiger partial charge in [0.05, 0.1) is 10.5 Å². The van der Waals surface area contributed by atoms with Gasteiger partial charge in [0.15, 0.2) is 0 Å². The molecule has 2 heterocycles. The van der Waals surface area contributed by atoms with Crippen LogP contribution in [0.5, 0.6) is 0 Å². The largest absolute Gasteiger partial charge is 0.359 e. The Hall–Kier alpha value is -1.48. The van der Waals surface area contributed by atoms with Gasteiger partial charge in [-0.3, -0.25) is 0 Å². The Kier molecular flexibility index (Phi) is 1.76. The number of hydrogen-bond donors (Lipinski definition) is 2. The number of aromatic amines is 1. The average molecular weight is 214 g/mol. The molecule has 74 valence electrons. The molecule has 3 heteroatoms. The molecule has 0 aliphatic heterocycles. The smallest absolute Gasteiger partial charge is 0.0943 e. The van der Waals surface area contributed by atoms with Crippen molar-refractivity contribution in [3.05, 3.63) is 36.0 Å². The van der Waals surface area contributed by atoms with Crippen LogP contribution >= 0.6 is 12.6 Å². The van der Waals surface area contributed by atoms with Gasteiger partial charge in [-0.15, -0.1) is 12.6 Å². The van der Waals surface area contributed by atoms with Gasteiger partial charge in [-0.25, -0.2) is 4.98 Å². The van der Waals surface area contributed by atoms with Crippen LogP contribution in [0.4, 0.5) is 0 Å². The summed E-state index contributed by atoms with van der Waals surface area (Å²) in [6.07, 6.45) is 0. The van der Waals surface area contributed by atoms with Crippen LogP contribution in [0.15, 0.2) is 35.4 Å². The number of aromatic nitrogens is 2. The van der Waals surface area contributed by atoms with Crippen molar-refractivity contribution in [1.82, 2.24) is 9.97 Å². The van der Waals surface area contributed by atoms with Crippen LogP contribution in [0.1, 0.15) is 5.69 Å². The van der Waals surface area contributed by atoms with Crippen LogP contribution in [-0.4, -0.2) is 9.97 Å². The number of benzene rings is 1. The molecular weight excluding hydrogens is 204 g/mol. The molecule has 0 spiro atoms. The normalized spacial score (nSPS) is 11.3. The van der Waals surface area contributed by atoms with E-state index in [1.165, 1.54) is 0 Å². The van der Waals surface area contributed by atoms with Gasteiger partial charge in [0.25, 0.3) is 0 Å². The number of aryl methyl sites for hydroxylation is 1. The summed E-state index contributed by atoms with van der Waals surface area (Å²) in [7, 11) is 0. The standard InChI is InChI=1S/C12H10N2S/c1-7-2-4-9-10(13-7)5-3-8-6-11(15)14-12(8)9/h2-6,13,15H,1H3. The Morgan fingerprint density at radius 3 is 2.93 bits per heavy atom. The zero-order valence-electron chi connectivity index (χ0n) is 8.28. The van der Waals surface area contributed by atoms with E-state index in [9.17, 15) is 0 Å². The van der Waals surface area contributed by atoms with Crippen LogP contribution in [0.25, 0.3) is 21.8 Å². The highest BCUT2D eigenvalue weighted by molar-refractivity contribution is 7.80. The fourth-order valence-corrected chi connectivity index (χ4v) is 2.13. The summed E-state index contributed by atoms with van der Waals surface area (Å²) < 4.78 is 0. The molecule has 0 aliphatic carbocycles. The van der Waals surface area contributed by atoms with Crippen molar-refractivity contribution in [3.8, 4) is 0 Å². The van der Waals surface area contributed by atoms with E-state index >= 15 is 0 Å². The number of fused-ring (bicyclic) bond motifs is 3. The monoisotopic (exact) mass is 214 g/mol. The minimum absolute atomic E-state index is 0.776. The third-order valence-corrected chi connectivity index (χ3v) is 2.82. The van der Waals surface area contributed by atoms with Gasteiger partial charge in [-0.1, -0.05) is 6.07 Å². The molecule has 0 atom stereocenters. The molecule has 0 bridgehead atoms. The van der Waals surface area contributed by atoms with Crippen molar-refractivity contribution in [2.75, 3.05) is 0 Å². The Balaban J connectivity index is 2.53. The fourth-order valence-electron chi connectivity index (χ4n) is 1.89. The topological polar surface area (TPSA) is 28.7 Å². The number of thiol groups is 1. The molecule has 0 unspecified atom stereocenters. The van der Waals surface area contributed by atoms with Gasteiger partial charge in [-0.2, -0.15) is 0 Å². The van der Waals surface area contributed by atoms with E-state index in [1.807, 2.05) is 13.0 Å². The predicted molar refractivity (Wildman–Crippen MR) is 65.6 cm³/mol. The molecule has 0 saturated heterocycles. The summed E-state index contributed by atoms with van der Waals surface area (Å²) >= 11 is 4.27. The molecule has 0 aliphatic rings. The minimum Gasteiger partial charge on any atom is -0.359 e. The van der Waals surface area contributed by atoms with Gasteiger partial charge in [0.1, 0.15) is 0 Å². The molecule has 1 aromatic carbocycles. The molecule has 0 amide bonds. The van der Waals surface area contributed by atoms with E-state index in [2.05, 4.69) is 46.9 Å². The Morgan fingerprint density at radius 2 is 2.07 bits per heavy atom. The number of nitrogens with zero attached hydrogens (tertiary/aromatic N) is 1. The van der Waals surface area contributed by atoms with E-state index in [0.717, 1.165) is 32.5 Å². The maximum atomic E-state index is 4.42. The maximum Gasteiger partial charge on any atom is 0.0943 e. The summed E-state index contributed by atoms with van der Waals surface area (Å²) in [6.45, 7) is 2.05. The van der Waals surface area contributed by atoms with Crippen molar-refractivity contribution in [3.63, 3.8) is 0 Å². The lowest BCUT2D eigenvalue weighted by Gasteiger charge is -2.01. The van der Waals surface area contributed by atoms with Gasteiger partial charge in [0, 0.05) is 22.0 Å². The first kappa shape index (κ1) is 8.80. The summed E-state index contributed by atoms with van der Waals surface area (Å²) in [5.74, 6) is 0. The van der Waals surface area contributed by atoms with Gasteiger partial charge >= 0.3 is 0 Å². The first-order valence-corrected chi connectivity index (χ1v) is 5.27. The van der Waals surface area contributed by atoms with Crippen LogP contribution in [-0.2, 0) is 0 Å². The van der Waals surface area contributed by atoms with Crippen LogP contribution in [0.2, 0.25) is 0 Å². The number of rotatable bonds is 0. The molecule has 3 aromatic rings. The highest BCUT2D eigenvalue weighted by Crippen LogP contribution is 2.25. The summed E-state index contributed by atoms with van der Waals surface area (Å²) in [4.78, 5) is 7.74. The minimum atomic E-state index is 0.776. The van der Waals surface area contributed by atoms with Crippen molar-refractivity contribution < 1.29 is 0 Å². The maximum absolute atomic E-state index is 4.42. The number of hydrogen-bond acceptors (Lipinski definition) is 2. The zero-order chi connectivity index (χ0) is 10.4. The van der Waals surface area contributed by atoms with E-state index < -0.39 is 0 Å². The molecule has 2 nitrogen and oxygen atoms in total. The summed E-state index contributed by atoms with van der Waals surface area (Å²) in [5.41, 5.74) is 3.29.